The maximum Gasteiger partial charge on any atom is 0.273 e. The number of benzene rings is 2. The Hall–Kier alpha value is -2.55. The van der Waals surface area contributed by atoms with Crippen molar-refractivity contribution in [3.05, 3.63) is 70.6 Å². The van der Waals surface area contributed by atoms with Gasteiger partial charge in [-0.05, 0) is 60.3 Å². The second-order valence-corrected chi connectivity index (χ2v) is 9.70. The summed E-state index contributed by atoms with van der Waals surface area (Å²) in [5.41, 5.74) is 1.90. The summed E-state index contributed by atoms with van der Waals surface area (Å²) in [5.74, 6) is 0.130. The molecule has 0 saturated carbocycles. The smallest absolute Gasteiger partial charge is 0.273 e. The Morgan fingerprint density at radius 3 is 2.52 bits per heavy atom. The number of hydrogen-bond donors (Lipinski definition) is 1. The molecule has 29 heavy (non-hydrogen) atoms. The summed E-state index contributed by atoms with van der Waals surface area (Å²) in [7, 11) is -2.10. The van der Waals surface area contributed by atoms with Gasteiger partial charge in [-0.15, -0.1) is 11.3 Å². The maximum atomic E-state index is 12.6. The van der Waals surface area contributed by atoms with E-state index in [1.807, 2.05) is 6.92 Å². The van der Waals surface area contributed by atoms with Crippen LogP contribution in [-0.2, 0) is 14.8 Å². The number of sulfonamides is 1. The average molecular weight is 451 g/mol. The van der Waals surface area contributed by atoms with E-state index < -0.39 is 10.0 Å². The highest BCUT2D eigenvalue weighted by Crippen LogP contribution is 2.27. The Morgan fingerprint density at radius 1 is 1.14 bits per heavy atom. The van der Waals surface area contributed by atoms with E-state index in [0.717, 1.165) is 16.9 Å². The van der Waals surface area contributed by atoms with E-state index in [1.165, 1.54) is 11.4 Å². The Balaban J connectivity index is 1.61. The Morgan fingerprint density at radius 2 is 1.86 bits per heavy atom. The van der Waals surface area contributed by atoms with E-state index in [2.05, 4.69) is 5.32 Å². The molecule has 0 bridgehead atoms. The maximum absolute atomic E-state index is 12.6. The van der Waals surface area contributed by atoms with E-state index in [9.17, 15) is 13.2 Å². The molecule has 0 fully saturated rings. The van der Waals surface area contributed by atoms with Gasteiger partial charge in [-0.1, -0.05) is 23.7 Å². The third-order valence-corrected chi connectivity index (χ3v) is 7.79. The fourth-order valence-electron chi connectivity index (χ4n) is 2.51. The van der Waals surface area contributed by atoms with Crippen LogP contribution in [0.15, 0.2) is 64.2 Å². The van der Waals surface area contributed by atoms with Gasteiger partial charge in [-0.3, -0.25) is 9.10 Å². The van der Waals surface area contributed by atoms with Crippen molar-refractivity contribution in [3.8, 4) is 5.75 Å². The molecule has 152 valence electrons. The number of nitrogens with zero attached hydrogens (tertiary/aromatic N) is 1. The molecule has 0 unspecified atom stereocenters. The summed E-state index contributed by atoms with van der Waals surface area (Å²) >= 11 is 7.21. The summed E-state index contributed by atoms with van der Waals surface area (Å²) in [4.78, 5) is 12.1. The average Bonchev–Trinajstić information content (AvgIpc) is 3.25. The molecule has 1 aromatic heterocycles. The molecule has 0 aliphatic heterocycles. The Labute approximate surface area is 178 Å². The topological polar surface area (TPSA) is 75.7 Å². The Bertz CT molecular complexity index is 1100. The van der Waals surface area contributed by atoms with Crippen LogP contribution in [0.3, 0.4) is 0 Å². The molecule has 0 aliphatic rings. The van der Waals surface area contributed by atoms with Gasteiger partial charge >= 0.3 is 0 Å². The second kappa shape index (κ2) is 8.86. The van der Waals surface area contributed by atoms with Gasteiger partial charge in [0.2, 0.25) is 0 Å². The van der Waals surface area contributed by atoms with Crippen LogP contribution in [0.2, 0.25) is 5.02 Å². The summed E-state index contributed by atoms with van der Waals surface area (Å²) in [5, 5.41) is 5.04. The van der Waals surface area contributed by atoms with Crippen LogP contribution in [0, 0.1) is 6.92 Å². The first-order chi connectivity index (χ1) is 13.8. The van der Waals surface area contributed by atoms with Crippen molar-refractivity contribution in [2.45, 2.75) is 11.1 Å². The lowest BCUT2D eigenvalue weighted by molar-refractivity contribution is -0.118. The van der Waals surface area contributed by atoms with Crippen molar-refractivity contribution in [3.63, 3.8) is 0 Å². The van der Waals surface area contributed by atoms with E-state index in [0.29, 0.717) is 22.1 Å². The van der Waals surface area contributed by atoms with E-state index >= 15 is 0 Å². The SMILES string of the molecule is Cc1c(Cl)cccc1NC(=O)COc1ccc(N(C)S(=O)(=O)c2cccs2)cc1. The lowest BCUT2D eigenvalue weighted by Crippen LogP contribution is -2.25. The van der Waals surface area contributed by atoms with Gasteiger partial charge in [0, 0.05) is 17.8 Å². The highest BCUT2D eigenvalue weighted by Gasteiger charge is 2.22. The number of halogens is 1. The zero-order chi connectivity index (χ0) is 21.0. The van der Waals surface area contributed by atoms with Gasteiger partial charge in [-0.2, -0.15) is 0 Å². The van der Waals surface area contributed by atoms with Crippen molar-refractivity contribution >= 4 is 50.2 Å². The van der Waals surface area contributed by atoms with Crippen LogP contribution in [-0.4, -0.2) is 28.0 Å². The van der Waals surface area contributed by atoms with E-state index in [-0.39, 0.29) is 16.7 Å². The fraction of sp³-hybridized carbons (Fsp3) is 0.150. The van der Waals surface area contributed by atoms with Gasteiger partial charge in [0.25, 0.3) is 15.9 Å². The zero-order valence-electron chi connectivity index (χ0n) is 15.8. The first kappa shape index (κ1) is 21.2. The monoisotopic (exact) mass is 450 g/mol. The molecule has 1 heterocycles. The first-order valence-corrected chi connectivity index (χ1v) is 11.3. The van der Waals surface area contributed by atoms with Gasteiger partial charge in [0.15, 0.2) is 6.61 Å². The molecule has 0 saturated heterocycles. The predicted molar refractivity (Wildman–Crippen MR) is 117 cm³/mol. The summed E-state index contributed by atoms with van der Waals surface area (Å²) in [6, 6.07) is 15.0. The molecule has 6 nitrogen and oxygen atoms in total. The Kier molecular flexibility index (Phi) is 6.46. The molecule has 2 aromatic carbocycles. The molecule has 3 aromatic rings. The zero-order valence-corrected chi connectivity index (χ0v) is 18.1. The largest absolute Gasteiger partial charge is 0.484 e. The lowest BCUT2D eigenvalue weighted by atomic mass is 10.2. The lowest BCUT2D eigenvalue weighted by Gasteiger charge is -2.18. The molecule has 0 atom stereocenters. The minimum Gasteiger partial charge on any atom is -0.484 e. The second-order valence-electron chi connectivity index (χ2n) is 6.15. The van der Waals surface area contributed by atoms with Crippen LogP contribution < -0.4 is 14.4 Å². The van der Waals surface area contributed by atoms with Gasteiger partial charge in [-0.25, -0.2) is 8.42 Å². The summed E-state index contributed by atoms with van der Waals surface area (Å²) < 4.78 is 32.1. The molecule has 9 heteroatoms. The highest BCUT2D eigenvalue weighted by atomic mass is 35.5. The minimum atomic E-state index is -3.59. The number of carbonyl (C=O) groups is 1. The molecule has 0 spiro atoms. The molecule has 1 N–H and O–H groups in total. The number of anilines is 2. The van der Waals surface area contributed by atoms with Crippen molar-refractivity contribution in [2.75, 3.05) is 23.3 Å². The van der Waals surface area contributed by atoms with E-state index in [4.69, 9.17) is 16.3 Å². The van der Waals surface area contributed by atoms with Crippen molar-refractivity contribution in [2.24, 2.45) is 0 Å². The van der Waals surface area contributed by atoms with Gasteiger partial charge < -0.3 is 10.1 Å². The van der Waals surface area contributed by atoms with Crippen LogP contribution in [0.5, 0.6) is 5.75 Å². The minimum absolute atomic E-state index is 0.186. The summed E-state index contributed by atoms with van der Waals surface area (Å²) in [6.45, 7) is 1.63. The normalized spacial score (nSPS) is 11.1. The van der Waals surface area contributed by atoms with Crippen molar-refractivity contribution in [1.29, 1.82) is 0 Å². The number of hydrogen-bond acceptors (Lipinski definition) is 5. The van der Waals surface area contributed by atoms with Crippen molar-refractivity contribution in [1.82, 2.24) is 0 Å². The molecule has 0 radical (unpaired) electrons. The quantitative estimate of drug-likeness (QED) is 0.572. The van der Waals surface area contributed by atoms with Crippen LogP contribution in [0.1, 0.15) is 5.56 Å². The third kappa shape index (κ3) is 4.90. The van der Waals surface area contributed by atoms with Crippen LogP contribution in [0.25, 0.3) is 0 Å². The first-order valence-electron chi connectivity index (χ1n) is 8.59. The predicted octanol–water partition coefficient (Wildman–Crippen LogP) is 4.55. The highest BCUT2D eigenvalue weighted by molar-refractivity contribution is 7.94. The van der Waals surface area contributed by atoms with Crippen molar-refractivity contribution < 1.29 is 17.9 Å². The standard InChI is InChI=1S/C20H19ClN2O4S2/c1-14-17(21)5-3-6-18(14)22-19(24)13-27-16-10-8-15(9-11-16)23(2)29(25,26)20-7-4-12-28-20/h3-12H,13H2,1-2H3,(H,22,24). The summed E-state index contributed by atoms with van der Waals surface area (Å²) in [6.07, 6.45) is 0. The third-order valence-electron chi connectivity index (χ3n) is 4.22. The van der Waals surface area contributed by atoms with Crippen LogP contribution >= 0.6 is 22.9 Å². The molecule has 3 rings (SSSR count). The molecular weight excluding hydrogens is 432 g/mol. The number of carbonyl (C=O) groups excluding carboxylic acids is 1. The molecule has 0 aliphatic carbocycles. The molecule has 1 amide bonds. The number of thiophene rings is 1. The van der Waals surface area contributed by atoms with Crippen LogP contribution in [0.4, 0.5) is 11.4 Å². The number of rotatable bonds is 7. The van der Waals surface area contributed by atoms with Gasteiger partial charge in [0.1, 0.15) is 9.96 Å². The fourth-order valence-corrected chi connectivity index (χ4v) is 5.05. The number of nitrogens with one attached hydrogen (secondary N) is 1. The van der Waals surface area contributed by atoms with Gasteiger partial charge in [0.05, 0.1) is 5.69 Å². The molecular formula is C20H19ClN2O4S2. The number of ether oxygens (including phenoxy) is 1. The van der Waals surface area contributed by atoms with E-state index in [1.54, 1.807) is 60.0 Å². The number of amides is 1.